The van der Waals surface area contributed by atoms with Crippen molar-refractivity contribution in [1.82, 2.24) is 14.8 Å². The van der Waals surface area contributed by atoms with Gasteiger partial charge in [-0.3, -0.25) is 4.79 Å². The third kappa shape index (κ3) is 4.70. The lowest BCUT2D eigenvalue weighted by Crippen LogP contribution is -2.20. The quantitative estimate of drug-likeness (QED) is 0.383. The van der Waals surface area contributed by atoms with Crippen LogP contribution in [0.1, 0.15) is 16.4 Å². The number of amides is 1. The molecule has 4 rings (SSSR count). The van der Waals surface area contributed by atoms with Crippen LogP contribution < -0.4 is 5.32 Å². The van der Waals surface area contributed by atoms with Crippen LogP contribution in [-0.4, -0.2) is 20.7 Å². The number of benzene rings is 2. The van der Waals surface area contributed by atoms with E-state index in [1.165, 1.54) is 18.4 Å². The van der Waals surface area contributed by atoms with Crippen molar-refractivity contribution >= 4 is 23.4 Å². The number of carbonyl (C=O) groups excluding carboxylic acids is 1. The van der Waals surface area contributed by atoms with Crippen LogP contribution >= 0.6 is 11.8 Å². The molecule has 6 nitrogen and oxygen atoms in total. The second-order valence-electron chi connectivity index (χ2n) is 6.82. The topological polar surface area (TPSA) is 73.0 Å². The van der Waals surface area contributed by atoms with Gasteiger partial charge in [0.1, 0.15) is 5.25 Å². The van der Waals surface area contributed by atoms with Crippen molar-refractivity contribution < 1.29 is 22.4 Å². The van der Waals surface area contributed by atoms with Gasteiger partial charge in [-0.2, -0.15) is 13.2 Å². The van der Waals surface area contributed by atoms with E-state index >= 15 is 0 Å². The molecule has 1 amide bonds. The zero-order chi connectivity index (χ0) is 22.7. The molecule has 164 valence electrons. The van der Waals surface area contributed by atoms with Gasteiger partial charge in [0.05, 0.1) is 11.8 Å². The minimum atomic E-state index is -4.50. The summed E-state index contributed by atoms with van der Waals surface area (Å²) in [7, 11) is 1.74. The van der Waals surface area contributed by atoms with Crippen LogP contribution in [0.5, 0.6) is 0 Å². The summed E-state index contributed by atoms with van der Waals surface area (Å²) in [6, 6.07) is 16.9. The van der Waals surface area contributed by atoms with Crippen molar-refractivity contribution in [3.05, 3.63) is 84.1 Å². The highest BCUT2D eigenvalue weighted by Crippen LogP contribution is 2.37. The lowest BCUT2D eigenvalue weighted by atomic mass is 10.1. The number of hydrogen-bond acceptors (Lipinski definition) is 5. The SMILES string of the molecule is Cn1c(SC(C(=O)Nc2cccc(C(F)(F)F)c2)c2ccccc2)nnc1-c1ccco1. The van der Waals surface area contributed by atoms with Crippen molar-refractivity contribution in [3.8, 4) is 11.6 Å². The van der Waals surface area contributed by atoms with Crippen LogP contribution in [0.3, 0.4) is 0 Å². The molecule has 0 fully saturated rings. The number of aromatic nitrogens is 3. The molecule has 0 bridgehead atoms. The molecule has 0 aliphatic rings. The Morgan fingerprint density at radius 1 is 1.06 bits per heavy atom. The van der Waals surface area contributed by atoms with Gasteiger partial charge in [0.2, 0.25) is 5.91 Å². The molecule has 0 saturated heterocycles. The van der Waals surface area contributed by atoms with E-state index in [1.54, 1.807) is 48.0 Å². The van der Waals surface area contributed by atoms with Crippen molar-refractivity contribution in [2.45, 2.75) is 16.6 Å². The highest BCUT2D eigenvalue weighted by molar-refractivity contribution is 8.00. The smallest absolute Gasteiger partial charge is 0.416 e. The fourth-order valence-electron chi connectivity index (χ4n) is 3.03. The van der Waals surface area contributed by atoms with Crippen LogP contribution in [0.25, 0.3) is 11.6 Å². The Bertz CT molecular complexity index is 1210. The molecule has 10 heteroatoms. The van der Waals surface area contributed by atoms with Crippen LogP contribution in [0.2, 0.25) is 0 Å². The molecule has 1 N–H and O–H groups in total. The molecule has 1 unspecified atom stereocenters. The van der Waals surface area contributed by atoms with E-state index in [2.05, 4.69) is 15.5 Å². The van der Waals surface area contributed by atoms with Crippen LogP contribution in [-0.2, 0) is 18.0 Å². The van der Waals surface area contributed by atoms with Gasteiger partial charge in [0, 0.05) is 12.7 Å². The highest BCUT2D eigenvalue weighted by atomic mass is 32.2. The fraction of sp³-hybridized carbons (Fsp3) is 0.136. The summed E-state index contributed by atoms with van der Waals surface area (Å²) in [6.07, 6.45) is -2.98. The number of nitrogens with zero attached hydrogens (tertiary/aromatic N) is 3. The third-order valence-electron chi connectivity index (χ3n) is 4.60. The van der Waals surface area contributed by atoms with Crippen molar-refractivity contribution in [2.24, 2.45) is 7.05 Å². The molecule has 0 saturated carbocycles. The van der Waals surface area contributed by atoms with Crippen LogP contribution in [0.4, 0.5) is 18.9 Å². The molecule has 32 heavy (non-hydrogen) atoms. The zero-order valence-electron chi connectivity index (χ0n) is 16.7. The first-order valence-electron chi connectivity index (χ1n) is 9.46. The molecule has 2 aromatic carbocycles. The molecule has 2 heterocycles. The number of hydrogen-bond donors (Lipinski definition) is 1. The fourth-order valence-corrected chi connectivity index (χ4v) is 4.03. The molecule has 0 radical (unpaired) electrons. The van der Waals surface area contributed by atoms with Crippen molar-refractivity contribution in [2.75, 3.05) is 5.32 Å². The van der Waals surface area contributed by atoms with E-state index in [0.717, 1.165) is 23.9 Å². The molecule has 1 atom stereocenters. The van der Waals surface area contributed by atoms with E-state index in [0.29, 0.717) is 22.3 Å². The summed E-state index contributed by atoms with van der Waals surface area (Å²) in [5, 5.41) is 10.5. The van der Waals surface area contributed by atoms with Gasteiger partial charge in [-0.1, -0.05) is 48.2 Å². The monoisotopic (exact) mass is 458 g/mol. The number of anilines is 1. The van der Waals surface area contributed by atoms with Gasteiger partial charge in [-0.05, 0) is 35.9 Å². The predicted octanol–water partition coefficient (Wildman–Crippen LogP) is 5.57. The molecule has 4 aromatic rings. The molecule has 0 aliphatic carbocycles. The van der Waals surface area contributed by atoms with E-state index in [-0.39, 0.29) is 5.69 Å². The third-order valence-corrected chi connectivity index (χ3v) is 5.89. The van der Waals surface area contributed by atoms with E-state index in [9.17, 15) is 18.0 Å². The van der Waals surface area contributed by atoms with Gasteiger partial charge >= 0.3 is 6.18 Å². The number of carbonyl (C=O) groups is 1. The van der Waals surface area contributed by atoms with E-state index < -0.39 is 22.9 Å². The summed E-state index contributed by atoms with van der Waals surface area (Å²) in [5.74, 6) is 0.530. The van der Waals surface area contributed by atoms with Crippen LogP contribution in [0.15, 0.2) is 82.6 Å². The minimum Gasteiger partial charge on any atom is -0.461 e. The molecule has 0 spiro atoms. The Morgan fingerprint density at radius 2 is 1.84 bits per heavy atom. The number of nitrogens with one attached hydrogen (secondary N) is 1. The molecule has 2 aromatic heterocycles. The molecule has 0 aliphatic heterocycles. The standard InChI is InChI=1S/C22H17F3N4O2S/c1-29-19(17-11-6-12-31-17)27-28-21(29)32-18(14-7-3-2-4-8-14)20(30)26-16-10-5-9-15(13-16)22(23,24)25/h2-13,18H,1H3,(H,26,30). The molecular formula is C22H17F3N4O2S. The maximum Gasteiger partial charge on any atom is 0.416 e. The summed E-state index contributed by atoms with van der Waals surface area (Å²) < 4.78 is 46.2. The van der Waals surface area contributed by atoms with Crippen molar-refractivity contribution in [1.29, 1.82) is 0 Å². The molecular weight excluding hydrogens is 441 g/mol. The number of thioether (sulfide) groups is 1. The Kier molecular flexibility index (Phi) is 6.04. The normalized spacial score (nSPS) is 12.5. The maximum atomic E-state index is 13.1. The second kappa shape index (κ2) is 8.91. The summed E-state index contributed by atoms with van der Waals surface area (Å²) in [4.78, 5) is 13.1. The first-order chi connectivity index (χ1) is 15.3. The summed E-state index contributed by atoms with van der Waals surface area (Å²) >= 11 is 1.14. The van der Waals surface area contributed by atoms with Gasteiger partial charge < -0.3 is 14.3 Å². The first kappa shape index (κ1) is 21.7. The Morgan fingerprint density at radius 3 is 2.53 bits per heavy atom. The van der Waals surface area contributed by atoms with Gasteiger partial charge in [0.15, 0.2) is 16.7 Å². The predicted molar refractivity (Wildman–Crippen MR) is 114 cm³/mol. The minimum absolute atomic E-state index is 0.0561. The first-order valence-corrected chi connectivity index (χ1v) is 10.3. The maximum absolute atomic E-state index is 13.1. The number of alkyl halides is 3. The van der Waals surface area contributed by atoms with Crippen molar-refractivity contribution in [3.63, 3.8) is 0 Å². The highest BCUT2D eigenvalue weighted by Gasteiger charge is 2.31. The van der Waals surface area contributed by atoms with E-state index in [1.807, 2.05) is 6.07 Å². The lowest BCUT2D eigenvalue weighted by Gasteiger charge is -2.17. The van der Waals surface area contributed by atoms with Crippen LogP contribution in [0, 0.1) is 0 Å². The van der Waals surface area contributed by atoms with Gasteiger partial charge in [-0.15, -0.1) is 10.2 Å². The van der Waals surface area contributed by atoms with Gasteiger partial charge in [0.25, 0.3) is 0 Å². The number of rotatable bonds is 6. The second-order valence-corrected chi connectivity index (χ2v) is 7.89. The largest absolute Gasteiger partial charge is 0.461 e. The number of furan rings is 1. The zero-order valence-corrected chi connectivity index (χ0v) is 17.5. The summed E-state index contributed by atoms with van der Waals surface area (Å²) in [6.45, 7) is 0. The summed E-state index contributed by atoms with van der Waals surface area (Å²) in [5.41, 5.74) is -0.110. The Balaban J connectivity index is 1.62. The van der Waals surface area contributed by atoms with E-state index in [4.69, 9.17) is 4.42 Å². The van der Waals surface area contributed by atoms with Gasteiger partial charge in [-0.25, -0.2) is 0 Å². The lowest BCUT2D eigenvalue weighted by molar-refractivity contribution is -0.137. The average Bonchev–Trinajstić information content (AvgIpc) is 3.42. The average molecular weight is 458 g/mol. The number of halogens is 3. The Labute approximate surface area is 185 Å². The Hall–Kier alpha value is -3.53.